The number of aryl methyl sites for hydroxylation is 1. The molecule has 0 aliphatic carbocycles. The van der Waals surface area contributed by atoms with Gasteiger partial charge in [-0.05, 0) is 48.9 Å². The van der Waals surface area contributed by atoms with Crippen molar-refractivity contribution in [2.45, 2.75) is 13.5 Å². The van der Waals surface area contributed by atoms with E-state index in [0.29, 0.717) is 22.7 Å². The van der Waals surface area contributed by atoms with Crippen molar-refractivity contribution in [3.05, 3.63) is 89.1 Å². The fourth-order valence-corrected chi connectivity index (χ4v) is 2.84. The number of aromatic nitrogens is 1. The molecule has 0 saturated carbocycles. The number of likely N-dealkylation sites (N-methyl/N-ethyl adjacent to an activating group) is 1. The minimum absolute atomic E-state index is 0.0996. The lowest BCUT2D eigenvalue weighted by Gasteiger charge is -2.17. The molecular weight excluding hydrogens is 392 g/mol. The van der Waals surface area contributed by atoms with Crippen LogP contribution >= 0.6 is 0 Å². The number of hydrogen-bond donors (Lipinski definition) is 1. The molecule has 0 aliphatic rings. The van der Waals surface area contributed by atoms with Crippen molar-refractivity contribution in [1.82, 2.24) is 9.88 Å². The maximum atomic E-state index is 12.6. The van der Waals surface area contributed by atoms with Crippen molar-refractivity contribution in [3.8, 4) is 11.8 Å². The van der Waals surface area contributed by atoms with Gasteiger partial charge >= 0.3 is 0 Å². The molecule has 7 nitrogen and oxygen atoms in total. The highest BCUT2D eigenvalue weighted by atomic mass is 16.5. The highest BCUT2D eigenvalue weighted by Gasteiger charge is 2.15. The van der Waals surface area contributed by atoms with Crippen molar-refractivity contribution in [1.29, 1.82) is 5.26 Å². The fraction of sp³-hybridized carbons (Fsp3) is 0.167. The summed E-state index contributed by atoms with van der Waals surface area (Å²) >= 11 is 0. The Bertz CT molecular complexity index is 1100. The van der Waals surface area contributed by atoms with Gasteiger partial charge in [-0.15, -0.1) is 0 Å². The van der Waals surface area contributed by atoms with Crippen molar-refractivity contribution in [3.63, 3.8) is 0 Å². The molecule has 0 aliphatic heterocycles. The van der Waals surface area contributed by atoms with E-state index in [-0.39, 0.29) is 25.0 Å². The standard InChI is InChI=1S/C24H22N4O3/c1-17-7-12-22(26-14-17)27-23(29)15-28(2)24(30)18-8-10-21(11-9-18)31-16-20-6-4-3-5-19(20)13-25/h3-12,14H,15-16H2,1-2H3,(H,26,27,29). The number of hydrogen-bond acceptors (Lipinski definition) is 5. The van der Waals surface area contributed by atoms with E-state index in [4.69, 9.17) is 10.00 Å². The fourth-order valence-electron chi connectivity index (χ4n) is 2.84. The Balaban J connectivity index is 1.54. The quantitative estimate of drug-likeness (QED) is 0.638. The molecule has 31 heavy (non-hydrogen) atoms. The zero-order valence-electron chi connectivity index (χ0n) is 17.3. The first-order chi connectivity index (χ1) is 15.0. The van der Waals surface area contributed by atoms with E-state index < -0.39 is 0 Å². The second-order valence-electron chi connectivity index (χ2n) is 7.01. The average molecular weight is 414 g/mol. The molecule has 1 heterocycles. The Morgan fingerprint density at radius 1 is 1.10 bits per heavy atom. The molecule has 2 amide bonds. The first-order valence-electron chi connectivity index (χ1n) is 9.65. The van der Waals surface area contributed by atoms with Crippen LogP contribution in [0.2, 0.25) is 0 Å². The minimum Gasteiger partial charge on any atom is -0.489 e. The summed E-state index contributed by atoms with van der Waals surface area (Å²) in [6, 6.07) is 19.6. The van der Waals surface area contributed by atoms with Gasteiger partial charge in [0, 0.05) is 24.4 Å². The van der Waals surface area contributed by atoms with Crippen LogP contribution in [-0.4, -0.2) is 35.3 Å². The predicted octanol–water partition coefficient (Wildman–Crippen LogP) is 3.55. The molecular formula is C24H22N4O3. The van der Waals surface area contributed by atoms with Gasteiger partial charge in [-0.25, -0.2) is 4.98 Å². The monoisotopic (exact) mass is 414 g/mol. The van der Waals surface area contributed by atoms with E-state index in [1.807, 2.05) is 25.1 Å². The van der Waals surface area contributed by atoms with Gasteiger partial charge in [0.25, 0.3) is 5.91 Å². The summed E-state index contributed by atoms with van der Waals surface area (Å²) in [6.45, 7) is 2.06. The van der Waals surface area contributed by atoms with Gasteiger partial charge in [0.15, 0.2) is 0 Å². The van der Waals surface area contributed by atoms with Crippen LogP contribution in [0.3, 0.4) is 0 Å². The SMILES string of the molecule is Cc1ccc(NC(=O)CN(C)C(=O)c2ccc(OCc3ccccc3C#N)cc2)nc1. The van der Waals surface area contributed by atoms with E-state index in [1.165, 1.54) is 4.90 Å². The Hall–Kier alpha value is -4.18. The Morgan fingerprint density at radius 3 is 2.52 bits per heavy atom. The topological polar surface area (TPSA) is 95.3 Å². The van der Waals surface area contributed by atoms with Gasteiger partial charge in [0.2, 0.25) is 5.91 Å². The first-order valence-corrected chi connectivity index (χ1v) is 9.65. The summed E-state index contributed by atoms with van der Waals surface area (Å²) in [7, 11) is 1.56. The molecule has 156 valence electrons. The van der Waals surface area contributed by atoms with Crippen LogP contribution < -0.4 is 10.1 Å². The number of rotatable bonds is 7. The summed E-state index contributed by atoms with van der Waals surface area (Å²) in [4.78, 5) is 30.2. The van der Waals surface area contributed by atoms with Gasteiger partial charge in [-0.2, -0.15) is 5.26 Å². The Kier molecular flexibility index (Phi) is 6.97. The molecule has 7 heteroatoms. The second-order valence-corrected chi connectivity index (χ2v) is 7.01. The molecule has 0 spiro atoms. The Labute approximate surface area is 180 Å². The molecule has 0 radical (unpaired) electrons. The number of carbonyl (C=O) groups is 2. The van der Waals surface area contributed by atoms with Crippen LogP contribution in [-0.2, 0) is 11.4 Å². The lowest BCUT2D eigenvalue weighted by molar-refractivity contribution is -0.116. The van der Waals surface area contributed by atoms with Crippen molar-refractivity contribution < 1.29 is 14.3 Å². The zero-order chi connectivity index (χ0) is 22.2. The van der Waals surface area contributed by atoms with Gasteiger partial charge in [-0.1, -0.05) is 24.3 Å². The van der Waals surface area contributed by atoms with E-state index in [2.05, 4.69) is 16.4 Å². The first kappa shape index (κ1) is 21.5. The van der Waals surface area contributed by atoms with Gasteiger partial charge < -0.3 is 15.0 Å². The number of benzene rings is 2. The average Bonchev–Trinajstić information content (AvgIpc) is 2.79. The molecule has 3 rings (SSSR count). The van der Waals surface area contributed by atoms with E-state index in [0.717, 1.165) is 11.1 Å². The number of amides is 2. The number of nitrogens with one attached hydrogen (secondary N) is 1. The van der Waals surface area contributed by atoms with Crippen LogP contribution in [0, 0.1) is 18.3 Å². The number of nitrogens with zero attached hydrogens (tertiary/aromatic N) is 3. The largest absolute Gasteiger partial charge is 0.489 e. The predicted molar refractivity (Wildman–Crippen MR) is 116 cm³/mol. The lowest BCUT2D eigenvalue weighted by atomic mass is 10.1. The number of pyridine rings is 1. The van der Waals surface area contributed by atoms with Crippen LogP contribution in [0.15, 0.2) is 66.9 Å². The second kappa shape index (κ2) is 10.0. The van der Waals surface area contributed by atoms with Crippen molar-refractivity contribution in [2.24, 2.45) is 0 Å². The van der Waals surface area contributed by atoms with Crippen molar-refractivity contribution >= 4 is 17.6 Å². The number of ether oxygens (including phenoxy) is 1. The number of anilines is 1. The maximum absolute atomic E-state index is 12.6. The van der Waals surface area contributed by atoms with E-state index in [1.54, 1.807) is 55.7 Å². The summed E-state index contributed by atoms with van der Waals surface area (Å²) in [5.41, 5.74) is 2.79. The molecule has 0 unspecified atom stereocenters. The van der Waals surface area contributed by atoms with Gasteiger partial charge in [0.05, 0.1) is 18.2 Å². The normalized spacial score (nSPS) is 10.1. The summed E-state index contributed by atoms with van der Waals surface area (Å²) in [5, 5.41) is 11.8. The van der Waals surface area contributed by atoms with Crippen molar-refractivity contribution in [2.75, 3.05) is 18.9 Å². The highest BCUT2D eigenvalue weighted by molar-refractivity contribution is 5.99. The molecule has 0 atom stereocenters. The molecule has 0 bridgehead atoms. The van der Waals surface area contributed by atoms with Crippen LogP contribution in [0.5, 0.6) is 5.75 Å². The Morgan fingerprint density at radius 2 is 1.84 bits per heavy atom. The lowest BCUT2D eigenvalue weighted by Crippen LogP contribution is -2.35. The molecule has 0 fully saturated rings. The van der Waals surface area contributed by atoms with Gasteiger partial charge in [0.1, 0.15) is 18.2 Å². The van der Waals surface area contributed by atoms with Gasteiger partial charge in [-0.3, -0.25) is 9.59 Å². The summed E-state index contributed by atoms with van der Waals surface area (Å²) in [6.07, 6.45) is 1.66. The molecule has 3 aromatic rings. The van der Waals surface area contributed by atoms with Crippen LogP contribution in [0.1, 0.15) is 27.0 Å². The number of carbonyl (C=O) groups excluding carboxylic acids is 2. The third-order valence-corrected chi connectivity index (χ3v) is 4.54. The molecule has 0 saturated heterocycles. The minimum atomic E-state index is -0.330. The number of nitriles is 1. The molecule has 2 aromatic carbocycles. The molecule has 1 aromatic heterocycles. The third kappa shape index (κ3) is 5.90. The highest BCUT2D eigenvalue weighted by Crippen LogP contribution is 2.17. The summed E-state index contributed by atoms with van der Waals surface area (Å²) < 4.78 is 5.72. The van der Waals surface area contributed by atoms with Crippen LogP contribution in [0.25, 0.3) is 0 Å². The summed E-state index contributed by atoms with van der Waals surface area (Å²) in [5.74, 6) is 0.405. The van der Waals surface area contributed by atoms with E-state index in [9.17, 15) is 9.59 Å². The maximum Gasteiger partial charge on any atom is 0.254 e. The third-order valence-electron chi connectivity index (χ3n) is 4.54. The van der Waals surface area contributed by atoms with E-state index >= 15 is 0 Å². The van der Waals surface area contributed by atoms with Crippen LogP contribution in [0.4, 0.5) is 5.82 Å². The molecule has 1 N–H and O–H groups in total. The zero-order valence-corrected chi connectivity index (χ0v) is 17.3. The smallest absolute Gasteiger partial charge is 0.254 e.